The number of fused-ring (bicyclic) bond motifs is 1. The molecule has 1 amide bonds. The van der Waals surface area contributed by atoms with Gasteiger partial charge < -0.3 is 14.8 Å². The molecule has 0 aromatic heterocycles. The van der Waals surface area contributed by atoms with Crippen LogP contribution in [0.15, 0.2) is 84.9 Å². The number of amides is 1. The molecular formula is C27H26N2O5S. The third kappa shape index (κ3) is 5.22. The van der Waals surface area contributed by atoms with Crippen molar-refractivity contribution in [3.05, 3.63) is 96.1 Å². The summed E-state index contributed by atoms with van der Waals surface area (Å²) in [5, 5.41) is 4.79. The number of methoxy groups -OCH3 is 2. The molecule has 0 bridgehead atoms. The number of carbonyl (C=O) groups excluding carboxylic acids is 1. The minimum Gasteiger partial charge on any atom is -0.493 e. The van der Waals surface area contributed by atoms with Crippen LogP contribution in [0.25, 0.3) is 10.8 Å². The van der Waals surface area contributed by atoms with Crippen LogP contribution in [0, 0.1) is 0 Å². The molecule has 0 spiro atoms. The van der Waals surface area contributed by atoms with E-state index in [0.717, 1.165) is 22.6 Å². The van der Waals surface area contributed by atoms with Crippen molar-refractivity contribution < 1.29 is 22.7 Å². The number of anilines is 2. The second-order valence-electron chi connectivity index (χ2n) is 7.96. The summed E-state index contributed by atoms with van der Waals surface area (Å²) in [5.74, 6) is 0.150. The van der Waals surface area contributed by atoms with Gasteiger partial charge in [-0.15, -0.1) is 0 Å². The van der Waals surface area contributed by atoms with Crippen LogP contribution in [-0.2, 0) is 16.6 Å². The smallest absolute Gasteiger partial charge is 0.257 e. The number of nitrogens with one attached hydrogen (secondary N) is 1. The first-order chi connectivity index (χ1) is 16.8. The van der Waals surface area contributed by atoms with Gasteiger partial charge in [-0.25, -0.2) is 8.42 Å². The van der Waals surface area contributed by atoms with E-state index in [9.17, 15) is 13.2 Å². The van der Waals surface area contributed by atoms with Gasteiger partial charge in [-0.05, 0) is 23.1 Å². The monoisotopic (exact) mass is 490 g/mol. The van der Waals surface area contributed by atoms with E-state index in [0.29, 0.717) is 17.2 Å². The Morgan fingerprint density at radius 1 is 0.857 bits per heavy atom. The second-order valence-corrected chi connectivity index (χ2v) is 9.87. The van der Waals surface area contributed by atoms with E-state index in [-0.39, 0.29) is 17.8 Å². The highest BCUT2D eigenvalue weighted by Gasteiger charge is 2.27. The summed E-state index contributed by atoms with van der Waals surface area (Å²) in [7, 11) is -0.849. The molecule has 4 rings (SSSR count). The average Bonchev–Trinajstić information content (AvgIpc) is 2.86. The van der Waals surface area contributed by atoms with Gasteiger partial charge in [0.1, 0.15) is 0 Å². The number of benzene rings is 4. The number of rotatable bonds is 8. The fourth-order valence-electron chi connectivity index (χ4n) is 3.91. The van der Waals surface area contributed by atoms with Gasteiger partial charge in [0.05, 0.1) is 38.3 Å². The molecule has 0 radical (unpaired) electrons. The molecule has 180 valence electrons. The van der Waals surface area contributed by atoms with Crippen molar-refractivity contribution in [2.24, 2.45) is 0 Å². The highest BCUT2D eigenvalue weighted by atomic mass is 32.2. The summed E-state index contributed by atoms with van der Waals surface area (Å²) in [6.45, 7) is 0.0453. The topological polar surface area (TPSA) is 84.9 Å². The van der Waals surface area contributed by atoms with E-state index in [2.05, 4.69) is 5.32 Å². The molecule has 0 aliphatic carbocycles. The maximum atomic E-state index is 13.6. The van der Waals surface area contributed by atoms with Gasteiger partial charge in [-0.1, -0.05) is 66.7 Å². The fourth-order valence-corrected chi connectivity index (χ4v) is 4.80. The Kier molecular flexibility index (Phi) is 6.93. The Balaban J connectivity index is 1.84. The molecule has 0 saturated carbocycles. The van der Waals surface area contributed by atoms with Gasteiger partial charge >= 0.3 is 0 Å². The van der Waals surface area contributed by atoms with Crippen molar-refractivity contribution >= 4 is 38.1 Å². The van der Waals surface area contributed by atoms with E-state index in [1.54, 1.807) is 6.07 Å². The number of nitrogens with zero attached hydrogens (tertiary/aromatic N) is 1. The Hall–Kier alpha value is -4.04. The lowest BCUT2D eigenvalue weighted by molar-refractivity contribution is 0.102. The molecular weight excluding hydrogens is 464 g/mol. The normalized spacial score (nSPS) is 11.2. The molecule has 0 aliphatic heterocycles. The van der Waals surface area contributed by atoms with E-state index in [1.165, 1.54) is 30.7 Å². The summed E-state index contributed by atoms with van der Waals surface area (Å²) in [4.78, 5) is 13.6. The predicted octanol–water partition coefficient (Wildman–Crippen LogP) is 5.08. The van der Waals surface area contributed by atoms with Crippen molar-refractivity contribution in [1.82, 2.24) is 0 Å². The van der Waals surface area contributed by atoms with Crippen LogP contribution < -0.4 is 19.1 Å². The zero-order valence-corrected chi connectivity index (χ0v) is 20.5. The van der Waals surface area contributed by atoms with Crippen molar-refractivity contribution in [2.75, 3.05) is 30.1 Å². The lowest BCUT2D eigenvalue weighted by Crippen LogP contribution is -2.31. The van der Waals surface area contributed by atoms with Crippen molar-refractivity contribution in [1.29, 1.82) is 0 Å². The van der Waals surface area contributed by atoms with Crippen LogP contribution in [0.4, 0.5) is 11.4 Å². The van der Waals surface area contributed by atoms with E-state index in [1.807, 2.05) is 66.7 Å². The minimum atomic E-state index is -3.77. The van der Waals surface area contributed by atoms with Crippen LogP contribution in [0.2, 0.25) is 0 Å². The van der Waals surface area contributed by atoms with Gasteiger partial charge in [0.25, 0.3) is 5.91 Å². The Bertz CT molecular complexity index is 1460. The molecule has 0 fully saturated rings. The zero-order valence-electron chi connectivity index (χ0n) is 19.7. The molecule has 0 saturated heterocycles. The standard InChI is InChI=1S/C27H26N2O5S/c1-33-25-16-22(27(30)28-23-15-9-13-20-12-7-8-14-21(20)23)24(17-26(25)34-2)29(35(3,31)32)18-19-10-5-4-6-11-19/h4-17H,18H2,1-3H3,(H,28,30). The van der Waals surface area contributed by atoms with Crippen LogP contribution >= 0.6 is 0 Å². The Morgan fingerprint density at radius 3 is 2.17 bits per heavy atom. The Labute approximate surface area is 205 Å². The summed E-state index contributed by atoms with van der Waals surface area (Å²) in [5.41, 5.74) is 1.71. The molecule has 8 heteroatoms. The zero-order chi connectivity index (χ0) is 25.0. The van der Waals surface area contributed by atoms with Gasteiger partial charge in [0.2, 0.25) is 10.0 Å². The highest BCUT2D eigenvalue weighted by molar-refractivity contribution is 7.92. The molecule has 0 heterocycles. The Morgan fingerprint density at radius 2 is 1.49 bits per heavy atom. The number of hydrogen-bond donors (Lipinski definition) is 1. The van der Waals surface area contributed by atoms with Gasteiger partial charge in [0, 0.05) is 17.1 Å². The van der Waals surface area contributed by atoms with E-state index in [4.69, 9.17) is 9.47 Å². The quantitative estimate of drug-likeness (QED) is 0.373. The van der Waals surface area contributed by atoms with Gasteiger partial charge in [0.15, 0.2) is 11.5 Å². The molecule has 0 aliphatic rings. The molecule has 7 nitrogen and oxygen atoms in total. The van der Waals surface area contributed by atoms with Crippen molar-refractivity contribution in [3.8, 4) is 11.5 Å². The van der Waals surface area contributed by atoms with Gasteiger partial charge in [-0.3, -0.25) is 9.10 Å². The van der Waals surface area contributed by atoms with Crippen LogP contribution in [0.3, 0.4) is 0 Å². The largest absolute Gasteiger partial charge is 0.493 e. The predicted molar refractivity (Wildman–Crippen MR) is 139 cm³/mol. The maximum Gasteiger partial charge on any atom is 0.257 e. The number of carbonyl (C=O) groups is 1. The third-order valence-corrected chi connectivity index (χ3v) is 6.75. The van der Waals surface area contributed by atoms with Gasteiger partial charge in [-0.2, -0.15) is 0 Å². The second kappa shape index (κ2) is 10.1. The summed E-state index contributed by atoms with van der Waals surface area (Å²) in [6, 6.07) is 25.5. The molecule has 4 aromatic carbocycles. The lowest BCUT2D eigenvalue weighted by Gasteiger charge is -2.26. The van der Waals surface area contributed by atoms with Crippen molar-refractivity contribution in [2.45, 2.75) is 6.54 Å². The number of hydrogen-bond acceptors (Lipinski definition) is 5. The maximum absolute atomic E-state index is 13.6. The minimum absolute atomic E-state index is 0.0453. The highest BCUT2D eigenvalue weighted by Crippen LogP contribution is 2.37. The molecule has 35 heavy (non-hydrogen) atoms. The number of sulfonamides is 1. The lowest BCUT2D eigenvalue weighted by atomic mass is 10.1. The first kappa shape index (κ1) is 24.1. The molecule has 1 N–H and O–H groups in total. The van der Waals surface area contributed by atoms with E-state index >= 15 is 0 Å². The third-order valence-electron chi connectivity index (χ3n) is 5.62. The SMILES string of the molecule is COc1cc(C(=O)Nc2cccc3ccccc23)c(N(Cc2ccccc2)S(C)(=O)=O)cc1OC. The first-order valence-electron chi connectivity index (χ1n) is 10.9. The van der Waals surface area contributed by atoms with E-state index < -0.39 is 15.9 Å². The molecule has 4 aromatic rings. The summed E-state index contributed by atoms with van der Waals surface area (Å²) in [6.07, 6.45) is 1.11. The summed E-state index contributed by atoms with van der Waals surface area (Å²) < 4.78 is 37.9. The van der Waals surface area contributed by atoms with Crippen molar-refractivity contribution in [3.63, 3.8) is 0 Å². The van der Waals surface area contributed by atoms with Crippen LogP contribution in [-0.4, -0.2) is 34.8 Å². The van der Waals surface area contributed by atoms with Crippen LogP contribution in [0.1, 0.15) is 15.9 Å². The fraction of sp³-hybridized carbons (Fsp3) is 0.148. The van der Waals surface area contributed by atoms with Crippen LogP contribution in [0.5, 0.6) is 11.5 Å². The average molecular weight is 491 g/mol. The molecule has 0 unspecified atom stereocenters. The molecule has 0 atom stereocenters. The number of ether oxygens (including phenoxy) is 2. The first-order valence-corrected chi connectivity index (χ1v) is 12.7. The summed E-state index contributed by atoms with van der Waals surface area (Å²) >= 11 is 0.